The Hall–Kier alpha value is -1.67. The molecule has 0 heterocycles. The van der Waals surface area contributed by atoms with Crippen LogP contribution in [0.2, 0.25) is 0 Å². The molecule has 14 heavy (non-hydrogen) atoms. The summed E-state index contributed by atoms with van der Waals surface area (Å²) in [5, 5.41) is 19.0. The maximum absolute atomic E-state index is 10.7. The second-order valence-corrected chi connectivity index (χ2v) is 1.80. The largest absolute Gasteiger partial charge is 0.872 e. The summed E-state index contributed by atoms with van der Waals surface area (Å²) in [6.45, 7) is 0. The molecule has 7 nitrogen and oxygen atoms in total. The fraction of sp³-hybridized carbons (Fsp3) is 0. The van der Waals surface area contributed by atoms with Crippen LogP contribution in [-0.2, 0) is 0 Å². The van der Waals surface area contributed by atoms with Gasteiger partial charge in [-0.05, 0) is 6.07 Å². The lowest BCUT2D eigenvalue weighted by molar-refractivity contribution is -0.268. The van der Waals surface area contributed by atoms with E-state index in [2.05, 4.69) is 0 Å². The summed E-state index contributed by atoms with van der Waals surface area (Å²) in [7, 11) is 0. The molecule has 0 atom stereocenters. The minimum absolute atomic E-state index is 0. The third-order valence-electron chi connectivity index (χ3n) is 1.12. The van der Waals surface area contributed by atoms with Gasteiger partial charge in [0.05, 0.1) is 5.56 Å². The molecule has 0 aliphatic carbocycles. The number of hydrogen-bond donors (Lipinski definition) is 1. The topological polar surface area (TPSA) is 186 Å². The Balaban J connectivity index is -0.000000125. The van der Waals surface area contributed by atoms with Crippen molar-refractivity contribution in [2.45, 2.75) is 0 Å². The molecule has 0 aliphatic rings. The summed E-state index contributed by atoms with van der Waals surface area (Å²) in [5.74, 6) is -1.62. The van der Waals surface area contributed by atoms with Crippen molar-refractivity contribution in [2.24, 2.45) is 0 Å². The first-order chi connectivity index (χ1) is 4.72. The molecule has 84 valence electrons. The van der Waals surface area contributed by atoms with Gasteiger partial charge in [0.15, 0.2) is 0 Å². The molecule has 0 unspecified atom stereocenters. The third-order valence-corrected chi connectivity index (χ3v) is 1.12. The summed E-state index contributed by atoms with van der Waals surface area (Å²) in [5.41, 5.74) is -0.178. The zero-order valence-corrected chi connectivity index (χ0v) is 7.07. The van der Waals surface area contributed by atoms with Crippen molar-refractivity contribution in [1.82, 2.24) is 0 Å². The van der Waals surface area contributed by atoms with E-state index in [4.69, 9.17) is 5.11 Å². The highest BCUT2D eigenvalue weighted by atomic mass is 16.4. The van der Waals surface area contributed by atoms with Gasteiger partial charge in [-0.25, -0.2) is 4.79 Å². The van der Waals surface area contributed by atoms with Gasteiger partial charge in [-0.1, -0.05) is 23.9 Å². The predicted octanol–water partition coefficient (Wildman–Crippen LogP) is -2.84. The molecule has 0 aromatic heterocycles. The van der Waals surface area contributed by atoms with Gasteiger partial charge in [-0.3, -0.25) is 0 Å². The molecule has 0 radical (unpaired) electrons. The maximum Gasteiger partial charge on any atom is 0.335 e. The first kappa shape index (κ1) is 22.8. The zero-order chi connectivity index (χ0) is 7.56. The van der Waals surface area contributed by atoms with Gasteiger partial charge >= 0.3 is 5.97 Å². The van der Waals surface area contributed by atoms with Gasteiger partial charge < -0.3 is 32.1 Å². The second kappa shape index (κ2) is 9.42. The molecular formula is C7H13O7-. The molecule has 1 aromatic rings. The Morgan fingerprint density at radius 3 is 1.79 bits per heavy atom. The van der Waals surface area contributed by atoms with Crippen molar-refractivity contribution in [3.05, 3.63) is 29.8 Å². The van der Waals surface area contributed by atoms with E-state index < -0.39 is 11.7 Å². The fourth-order valence-corrected chi connectivity index (χ4v) is 0.643. The summed E-state index contributed by atoms with van der Waals surface area (Å²) < 4.78 is 0. The quantitative estimate of drug-likeness (QED) is 0.522. The van der Waals surface area contributed by atoms with Gasteiger partial charge in [0.25, 0.3) is 0 Å². The molecule has 0 aliphatic heterocycles. The minimum Gasteiger partial charge on any atom is -0.872 e. The Morgan fingerprint density at radius 2 is 1.50 bits per heavy atom. The van der Waals surface area contributed by atoms with E-state index in [9.17, 15) is 9.90 Å². The molecule has 7 heteroatoms. The highest BCUT2D eigenvalue weighted by Gasteiger charge is 1.99. The average Bonchev–Trinajstić information content (AvgIpc) is 1.88. The Bertz CT molecular complexity index is 260. The molecule has 0 bridgehead atoms. The number of para-hydroxylation sites is 1. The maximum atomic E-state index is 10.7. The van der Waals surface area contributed by atoms with E-state index in [1.165, 1.54) is 24.3 Å². The summed E-state index contributed by atoms with van der Waals surface area (Å²) in [6, 6.07) is 5.54. The Labute approximate surface area is 79.5 Å². The summed E-state index contributed by atoms with van der Waals surface area (Å²) >= 11 is 0. The van der Waals surface area contributed by atoms with Crippen LogP contribution in [0.5, 0.6) is 5.75 Å². The zero-order valence-electron chi connectivity index (χ0n) is 7.07. The van der Waals surface area contributed by atoms with Crippen molar-refractivity contribution in [3.8, 4) is 5.75 Å². The van der Waals surface area contributed by atoms with Crippen LogP contribution in [0.15, 0.2) is 24.3 Å². The Kier molecular flexibility index (Phi) is 15.3. The van der Waals surface area contributed by atoms with Crippen molar-refractivity contribution in [3.63, 3.8) is 0 Å². The van der Waals surface area contributed by atoms with Gasteiger partial charge in [0.2, 0.25) is 0 Å². The van der Waals surface area contributed by atoms with Crippen LogP contribution in [0, 0.1) is 0 Å². The van der Waals surface area contributed by atoms with Gasteiger partial charge in [-0.15, -0.1) is 0 Å². The molecule has 9 N–H and O–H groups in total. The molecular weight excluding hydrogens is 196 g/mol. The summed E-state index contributed by atoms with van der Waals surface area (Å²) in [6.07, 6.45) is 0. The number of carbonyl (C=O) groups is 1. The number of hydrogen-bond acceptors (Lipinski definition) is 2. The number of rotatable bonds is 1. The third kappa shape index (κ3) is 5.06. The highest BCUT2D eigenvalue weighted by molar-refractivity contribution is 5.90. The minimum atomic E-state index is -1.18. The van der Waals surface area contributed by atoms with Crippen molar-refractivity contribution in [2.75, 3.05) is 0 Å². The van der Waals surface area contributed by atoms with Crippen LogP contribution < -0.4 is 5.11 Å². The first-order valence-corrected chi connectivity index (χ1v) is 2.71. The van der Waals surface area contributed by atoms with E-state index >= 15 is 0 Å². The Morgan fingerprint density at radius 1 is 1.07 bits per heavy atom. The van der Waals surface area contributed by atoms with Crippen LogP contribution in [0.4, 0.5) is 0 Å². The molecule has 1 rings (SSSR count). The van der Waals surface area contributed by atoms with Crippen LogP contribution >= 0.6 is 0 Å². The smallest absolute Gasteiger partial charge is 0.335 e. The van der Waals surface area contributed by atoms with Crippen molar-refractivity contribution in [1.29, 1.82) is 0 Å². The molecule has 0 fully saturated rings. The molecule has 0 amide bonds. The van der Waals surface area contributed by atoms with E-state index in [-0.39, 0.29) is 27.5 Å². The van der Waals surface area contributed by atoms with E-state index in [0.717, 1.165) is 0 Å². The average molecular weight is 209 g/mol. The fourth-order valence-electron chi connectivity index (χ4n) is 0.643. The monoisotopic (exact) mass is 209 g/mol. The van der Waals surface area contributed by atoms with Crippen LogP contribution in [0.25, 0.3) is 0 Å². The lowest BCUT2D eigenvalue weighted by atomic mass is 10.2. The molecule has 1 aromatic carbocycles. The predicted molar refractivity (Wildman–Crippen MR) is 47.3 cm³/mol. The van der Waals surface area contributed by atoms with Crippen molar-refractivity contribution >= 4 is 5.97 Å². The van der Waals surface area contributed by atoms with E-state index in [1.807, 2.05) is 0 Å². The van der Waals surface area contributed by atoms with E-state index in [1.54, 1.807) is 0 Å². The van der Waals surface area contributed by atoms with E-state index in [0.29, 0.717) is 0 Å². The second-order valence-electron chi connectivity index (χ2n) is 1.80. The first-order valence-electron chi connectivity index (χ1n) is 2.71. The van der Waals surface area contributed by atoms with Gasteiger partial charge in [0, 0.05) is 0 Å². The lowest BCUT2D eigenvalue weighted by Crippen LogP contribution is -2.02. The molecule has 0 spiro atoms. The number of carboxylic acids is 1. The number of carboxylic acid groups (broad SMARTS) is 1. The SMILES string of the molecule is O.O.O.O.O=C(O)c1ccccc1[O-]. The highest BCUT2D eigenvalue weighted by Crippen LogP contribution is 2.10. The normalized spacial score (nSPS) is 6.57. The number of aromatic carboxylic acids is 1. The lowest BCUT2D eigenvalue weighted by Gasteiger charge is -2.07. The molecule has 0 saturated carbocycles. The van der Waals surface area contributed by atoms with Gasteiger partial charge in [0.1, 0.15) is 0 Å². The van der Waals surface area contributed by atoms with Crippen molar-refractivity contribution < 1.29 is 36.9 Å². The van der Waals surface area contributed by atoms with Crippen LogP contribution in [0.3, 0.4) is 0 Å². The van der Waals surface area contributed by atoms with Crippen LogP contribution in [-0.4, -0.2) is 33.0 Å². The summed E-state index contributed by atoms with van der Waals surface area (Å²) in [4.78, 5) is 10.2. The molecule has 0 saturated heterocycles. The standard InChI is InChI=1S/C7H6O3.4H2O/c8-6-4-2-1-3-5(6)7(9)10;;;;/h1-4,8H,(H,9,10);4*1H2/p-1. The van der Waals surface area contributed by atoms with Crippen LogP contribution in [0.1, 0.15) is 10.4 Å². The number of benzene rings is 1. The van der Waals surface area contributed by atoms with Gasteiger partial charge in [-0.2, -0.15) is 0 Å².